The predicted octanol–water partition coefficient (Wildman–Crippen LogP) is 1.89. The van der Waals surface area contributed by atoms with Crippen molar-refractivity contribution in [2.75, 3.05) is 26.8 Å². The minimum absolute atomic E-state index is 0.0810. The van der Waals surface area contributed by atoms with Gasteiger partial charge >= 0.3 is 0 Å². The number of ether oxygens (including phenoxy) is 1. The summed E-state index contributed by atoms with van der Waals surface area (Å²) in [5.74, 6) is 1.30. The van der Waals surface area contributed by atoms with Crippen molar-refractivity contribution >= 4 is 0 Å². The van der Waals surface area contributed by atoms with Gasteiger partial charge in [0.2, 0.25) is 0 Å². The summed E-state index contributed by atoms with van der Waals surface area (Å²) in [6.07, 6.45) is 5.75. The van der Waals surface area contributed by atoms with Crippen LogP contribution in [0.3, 0.4) is 0 Å². The standard InChI is InChI=1S/C14H27NO2/c1-3-11-4-5-14(16)12(8-11)9-15(2)13-6-7-17-10-13/h11-14,16H,3-10H2,1-2H3. The van der Waals surface area contributed by atoms with E-state index in [2.05, 4.69) is 18.9 Å². The molecule has 1 heterocycles. The van der Waals surface area contributed by atoms with Gasteiger partial charge in [0.1, 0.15) is 0 Å². The molecule has 100 valence electrons. The van der Waals surface area contributed by atoms with Gasteiger partial charge in [-0.2, -0.15) is 0 Å². The predicted molar refractivity (Wildman–Crippen MR) is 69.0 cm³/mol. The van der Waals surface area contributed by atoms with E-state index < -0.39 is 0 Å². The molecule has 1 saturated heterocycles. The Kier molecular flexibility index (Phi) is 4.83. The maximum Gasteiger partial charge on any atom is 0.0622 e. The van der Waals surface area contributed by atoms with Crippen molar-refractivity contribution in [1.29, 1.82) is 0 Å². The van der Waals surface area contributed by atoms with Gasteiger partial charge < -0.3 is 14.7 Å². The first kappa shape index (κ1) is 13.3. The molecule has 1 aliphatic carbocycles. The van der Waals surface area contributed by atoms with Crippen molar-refractivity contribution in [2.45, 2.75) is 51.2 Å². The van der Waals surface area contributed by atoms with Gasteiger partial charge in [0.25, 0.3) is 0 Å². The highest BCUT2D eigenvalue weighted by molar-refractivity contribution is 4.83. The molecule has 2 rings (SSSR count). The molecule has 4 unspecified atom stereocenters. The van der Waals surface area contributed by atoms with Crippen molar-refractivity contribution < 1.29 is 9.84 Å². The highest BCUT2D eigenvalue weighted by Gasteiger charge is 2.31. The molecule has 0 aromatic heterocycles. The van der Waals surface area contributed by atoms with Crippen LogP contribution < -0.4 is 0 Å². The van der Waals surface area contributed by atoms with E-state index >= 15 is 0 Å². The SMILES string of the molecule is CCC1CCC(O)C(CN(C)C2CCOC2)C1. The van der Waals surface area contributed by atoms with Crippen LogP contribution in [0.4, 0.5) is 0 Å². The Morgan fingerprint density at radius 2 is 2.12 bits per heavy atom. The zero-order valence-corrected chi connectivity index (χ0v) is 11.3. The van der Waals surface area contributed by atoms with Crippen LogP contribution in [0.1, 0.15) is 39.0 Å². The van der Waals surface area contributed by atoms with Crippen molar-refractivity contribution in [1.82, 2.24) is 4.90 Å². The summed E-state index contributed by atoms with van der Waals surface area (Å²) in [6, 6.07) is 0.573. The van der Waals surface area contributed by atoms with Gasteiger partial charge in [0.05, 0.1) is 12.7 Å². The smallest absolute Gasteiger partial charge is 0.0622 e. The lowest BCUT2D eigenvalue weighted by Crippen LogP contribution is -2.41. The maximum atomic E-state index is 10.1. The molecule has 0 radical (unpaired) electrons. The zero-order chi connectivity index (χ0) is 12.3. The van der Waals surface area contributed by atoms with Crippen LogP contribution in [-0.2, 0) is 4.74 Å². The summed E-state index contributed by atoms with van der Waals surface area (Å²) in [7, 11) is 2.18. The molecule has 2 aliphatic rings. The van der Waals surface area contributed by atoms with Gasteiger partial charge in [-0.25, -0.2) is 0 Å². The first-order valence-corrected chi connectivity index (χ1v) is 7.16. The Morgan fingerprint density at radius 3 is 2.76 bits per heavy atom. The molecule has 2 fully saturated rings. The number of nitrogens with zero attached hydrogens (tertiary/aromatic N) is 1. The summed E-state index contributed by atoms with van der Waals surface area (Å²) in [5, 5.41) is 10.1. The van der Waals surface area contributed by atoms with E-state index in [-0.39, 0.29) is 6.10 Å². The third-order valence-electron chi connectivity index (χ3n) is 4.68. The first-order chi connectivity index (χ1) is 8.20. The lowest BCUT2D eigenvalue weighted by atomic mass is 9.78. The third-order valence-corrected chi connectivity index (χ3v) is 4.68. The highest BCUT2D eigenvalue weighted by atomic mass is 16.5. The van der Waals surface area contributed by atoms with E-state index in [0.717, 1.165) is 38.5 Å². The molecule has 3 heteroatoms. The molecule has 0 aromatic rings. The fraction of sp³-hybridized carbons (Fsp3) is 1.00. The third kappa shape index (κ3) is 3.43. The molecular weight excluding hydrogens is 214 g/mol. The van der Waals surface area contributed by atoms with Crippen LogP contribution in [0.25, 0.3) is 0 Å². The molecule has 17 heavy (non-hydrogen) atoms. The fourth-order valence-electron chi connectivity index (χ4n) is 3.30. The highest BCUT2D eigenvalue weighted by Crippen LogP contribution is 2.32. The Hall–Kier alpha value is -0.120. The van der Waals surface area contributed by atoms with Gasteiger partial charge in [0, 0.05) is 19.2 Å². The monoisotopic (exact) mass is 241 g/mol. The van der Waals surface area contributed by atoms with Gasteiger partial charge in [-0.3, -0.25) is 0 Å². The van der Waals surface area contributed by atoms with E-state index in [1.807, 2.05) is 0 Å². The van der Waals surface area contributed by atoms with Crippen LogP contribution >= 0.6 is 0 Å². The molecule has 0 amide bonds. The van der Waals surface area contributed by atoms with Crippen LogP contribution in [0.15, 0.2) is 0 Å². The molecule has 4 atom stereocenters. The molecule has 1 saturated carbocycles. The molecule has 1 aliphatic heterocycles. The largest absolute Gasteiger partial charge is 0.393 e. The second-order valence-corrected chi connectivity index (χ2v) is 5.87. The fourth-order valence-corrected chi connectivity index (χ4v) is 3.30. The molecule has 3 nitrogen and oxygen atoms in total. The zero-order valence-electron chi connectivity index (χ0n) is 11.3. The van der Waals surface area contributed by atoms with Gasteiger partial charge in [0.15, 0.2) is 0 Å². The average Bonchev–Trinajstić information content (AvgIpc) is 2.85. The minimum Gasteiger partial charge on any atom is -0.393 e. The van der Waals surface area contributed by atoms with Gasteiger partial charge in [-0.05, 0) is 44.6 Å². The Labute approximate surface area is 105 Å². The normalized spacial score (nSPS) is 38.8. The van der Waals surface area contributed by atoms with Crippen molar-refractivity contribution in [3.05, 3.63) is 0 Å². The molecule has 1 N–H and O–H groups in total. The summed E-state index contributed by atoms with van der Waals surface area (Å²) >= 11 is 0. The van der Waals surface area contributed by atoms with Crippen molar-refractivity contribution in [3.63, 3.8) is 0 Å². The summed E-state index contributed by atoms with van der Waals surface area (Å²) in [6.45, 7) is 5.08. The van der Waals surface area contributed by atoms with Crippen LogP contribution in [0.5, 0.6) is 0 Å². The molecule has 0 bridgehead atoms. The van der Waals surface area contributed by atoms with E-state index in [1.165, 1.54) is 19.3 Å². The Balaban J connectivity index is 1.82. The second-order valence-electron chi connectivity index (χ2n) is 5.87. The Morgan fingerprint density at radius 1 is 1.29 bits per heavy atom. The second kappa shape index (κ2) is 6.17. The number of hydrogen-bond acceptors (Lipinski definition) is 3. The maximum absolute atomic E-state index is 10.1. The van der Waals surface area contributed by atoms with Crippen LogP contribution in [-0.4, -0.2) is 49.0 Å². The number of likely N-dealkylation sites (N-methyl/N-ethyl adjacent to an activating group) is 1. The van der Waals surface area contributed by atoms with Gasteiger partial charge in [-0.15, -0.1) is 0 Å². The molecular formula is C14H27NO2. The van der Waals surface area contributed by atoms with E-state index in [9.17, 15) is 5.11 Å². The van der Waals surface area contributed by atoms with Gasteiger partial charge in [-0.1, -0.05) is 13.3 Å². The average molecular weight is 241 g/mol. The lowest BCUT2D eigenvalue weighted by Gasteiger charge is -2.36. The summed E-state index contributed by atoms with van der Waals surface area (Å²) in [4.78, 5) is 2.40. The van der Waals surface area contributed by atoms with E-state index in [0.29, 0.717) is 12.0 Å². The van der Waals surface area contributed by atoms with Crippen LogP contribution in [0, 0.1) is 11.8 Å². The first-order valence-electron chi connectivity index (χ1n) is 7.16. The Bertz CT molecular complexity index is 228. The minimum atomic E-state index is -0.0810. The molecule has 0 aromatic carbocycles. The van der Waals surface area contributed by atoms with E-state index in [4.69, 9.17) is 4.74 Å². The molecule has 0 spiro atoms. The van der Waals surface area contributed by atoms with Crippen LogP contribution in [0.2, 0.25) is 0 Å². The number of aliphatic hydroxyl groups is 1. The number of aliphatic hydroxyl groups excluding tert-OH is 1. The van der Waals surface area contributed by atoms with Crippen molar-refractivity contribution in [2.24, 2.45) is 11.8 Å². The summed E-state index contributed by atoms with van der Waals surface area (Å²) in [5.41, 5.74) is 0. The van der Waals surface area contributed by atoms with Crippen molar-refractivity contribution in [3.8, 4) is 0 Å². The number of hydrogen-bond donors (Lipinski definition) is 1. The number of rotatable bonds is 4. The topological polar surface area (TPSA) is 32.7 Å². The quantitative estimate of drug-likeness (QED) is 0.816. The van der Waals surface area contributed by atoms with E-state index in [1.54, 1.807) is 0 Å². The summed E-state index contributed by atoms with van der Waals surface area (Å²) < 4.78 is 5.43. The lowest BCUT2D eigenvalue weighted by molar-refractivity contribution is 0.0229.